The summed E-state index contributed by atoms with van der Waals surface area (Å²) in [7, 11) is 0. The molecule has 4 aromatic heterocycles. The Bertz CT molecular complexity index is 3190. The van der Waals surface area contributed by atoms with E-state index >= 15 is 0 Å². The highest BCUT2D eigenvalue weighted by atomic mass is 19.1. The van der Waals surface area contributed by atoms with Crippen LogP contribution < -0.4 is 20.6 Å². The number of nitrogens with zero attached hydrogens (tertiary/aromatic N) is 8. The van der Waals surface area contributed by atoms with Crippen molar-refractivity contribution in [3.63, 3.8) is 0 Å². The quantitative estimate of drug-likeness (QED) is 0.225. The predicted octanol–water partition coefficient (Wildman–Crippen LogP) is 5.30. The predicted molar refractivity (Wildman–Crippen MR) is 238 cm³/mol. The van der Waals surface area contributed by atoms with Crippen molar-refractivity contribution >= 4 is 11.8 Å². The van der Waals surface area contributed by atoms with Gasteiger partial charge >= 0.3 is 0 Å². The number of aliphatic hydroxyl groups is 1. The van der Waals surface area contributed by atoms with Gasteiger partial charge < -0.3 is 42.6 Å². The molecule has 15 nitrogen and oxygen atoms in total. The number of aryl methyl sites for hydroxylation is 3. The van der Waals surface area contributed by atoms with Crippen molar-refractivity contribution in [2.45, 2.75) is 96.6 Å². The number of carbonyl (C=O) groups excluding carboxylic acids is 2. The van der Waals surface area contributed by atoms with E-state index in [1.165, 1.54) is 23.0 Å². The molecule has 2 fully saturated rings. The molecule has 0 radical (unpaired) electrons. The van der Waals surface area contributed by atoms with Crippen molar-refractivity contribution in [2.75, 3.05) is 26.2 Å². The van der Waals surface area contributed by atoms with E-state index in [9.17, 15) is 33.1 Å². The van der Waals surface area contributed by atoms with Gasteiger partial charge in [-0.3, -0.25) is 19.2 Å². The zero-order chi connectivity index (χ0) is 45.5. The lowest BCUT2D eigenvalue weighted by Crippen LogP contribution is -2.48. The third kappa shape index (κ3) is 6.14. The summed E-state index contributed by atoms with van der Waals surface area (Å²) in [6.45, 7) is 11.7. The first-order valence-electron chi connectivity index (χ1n) is 21.7. The number of aliphatic hydroxyl groups excluding tert-OH is 1. The third-order valence-corrected chi connectivity index (χ3v) is 14.8. The van der Waals surface area contributed by atoms with Crippen molar-refractivity contribution in [1.29, 1.82) is 0 Å². The molecule has 66 heavy (non-hydrogen) atoms. The number of amides is 2. The van der Waals surface area contributed by atoms with Crippen molar-refractivity contribution in [1.82, 2.24) is 38.0 Å². The van der Waals surface area contributed by atoms with Crippen LogP contribution in [-0.4, -0.2) is 92.3 Å². The minimum Gasteiger partial charge on any atom is -0.486 e. The van der Waals surface area contributed by atoms with Crippen LogP contribution in [0.2, 0.25) is 0 Å². The minimum atomic E-state index is -0.456. The highest BCUT2D eigenvalue weighted by Gasteiger charge is 2.74. The Labute approximate surface area is 378 Å². The van der Waals surface area contributed by atoms with Crippen molar-refractivity contribution in [3.05, 3.63) is 151 Å². The second-order valence-corrected chi connectivity index (χ2v) is 18.8. The molecule has 6 aromatic rings. The van der Waals surface area contributed by atoms with Crippen LogP contribution in [0.4, 0.5) is 8.78 Å². The Hall–Kier alpha value is -6.88. The largest absolute Gasteiger partial charge is 0.486 e. The first kappa shape index (κ1) is 43.0. The summed E-state index contributed by atoms with van der Waals surface area (Å²) in [6, 6.07) is 13.2. The Kier molecular flexibility index (Phi) is 9.49. The molecule has 12 rings (SSSR count). The molecule has 2 amide bonds. The maximum atomic E-state index is 14.1. The number of rotatable bonds is 7. The van der Waals surface area contributed by atoms with Gasteiger partial charge in [0.15, 0.2) is 0 Å². The average molecular weight is 901 g/mol. The van der Waals surface area contributed by atoms with Crippen molar-refractivity contribution in [2.24, 2.45) is 0 Å². The number of pyridine rings is 2. The second-order valence-electron chi connectivity index (χ2n) is 18.8. The summed E-state index contributed by atoms with van der Waals surface area (Å²) in [5, 5.41) is 9.24. The minimum absolute atomic E-state index is 0. The van der Waals surface area contributed by atoms with Crippen LogP contribution in [0.3, 0.4) is 0 Å². The molecule has 0 saturated heterocycles. The van der Waals surface area contributed by atoms with E-state index in [-0.39, 0.29) is 59.4 Å². The summed E-state index contributed by atoms with van der Waals surface area (Å²) in [4.78, 5) is 64.7. The number of aromatic nitrogens is 6. The van der Waals surface area contributed by atoms with Gasteiger partial charge in [0.05, 0.1) is 41.5 Å². The monoisotopic (exact) mass is 900 g/mol. The fraction of sp³-hybridized carbons (Fsp3) is 0.388. The normalized spacial score (nSPS) is 24.7. The van der Waals surface area contributed by atoms with E-state index in [1.54, 1.807) is 80.3 Å². The van der Waals surface area contributed by atoms with Gasteiger partial charge in [0, 0.05) is 87.8 Å². The van der Waals surface area contributed by atoms with E-state index in [2.05, 4.69) is 9.97 Å². The Balaban J connectivity index is 0.000000153. The molecule has 17 heteroatoms. The number of hydrogen-bond donors (Lipinski definition) is 1. The topological polar surface area (TPSA) is 159 Å². The van der Waals surface area contributed by atoms with Gasteiger partial charge in [-0.1, -0.05) is 7.43 Å². The van der Waals surface area contributed by atoms with Crippen LogP contribution in [0.1, 0.15) is 88.7 Å². The van der Waals surface area contributed by atoms with E-state index in [0.29, 0.717) is 90.4 Å². The molecule has 342 valence electrons. The smallest absolute Gasteiger partial charge is 0.275 e. The molecule has 2 aliphatic carbocycles. The van der Waals surface area contributed by atoms with Crippen molar-refractivity contribution < 1.29 is 33.0 Å². The summed E-state index contributed by atoms with van der Waals surface area (Å²) in [5.74, 6) is 0.175. The lowest BCUT2D eigenvalue weighted by molar-refractivity contribution is 0.0658. The van der Waals surface area contributed by atoms with Crippen LogP contribution in [0.15, 0.2) is 83.2 Å². The summed E-state index contributed by atoms with van der Waals surface area (Å²) in [5.41, 5.74) is 3.82. The molecule has 4 aliphatic heterocycles. The zero-order valence-electron chi connectivity index (χ0n) is 36.5. The summed E-state index contributed by atoms with van der Waals surface area (Å²) < 4.78 is 46.6. The Morgan fingerprint density at radius 1 is 0.652 bits per heavy atom. The van der Waals surface area contributed by atoms with Gasteiger partial charge in [0.2, 0.25) is 0 Å². The fourth-order valence-corrected chi connectivity index (χ4v) is 10.8. The number of ether oxygens (including phenoxy) is 2. The lowest BCUT2D eigenvalue weighted by atomic mass is 9.91. The van der Waals surface area contributed by atoms with E-state index in [1.807, 2.05) is 32.9 Å². The highest BCUT2D eigenvalue weighted by Crippen LogP contribution is 2.68. The van der Waals surface area contributed by atoms with E-state index in [4.69, 9.17) is 9.47 Å². The number of fused-ring (bicyclic) bond motifs is 8. The highest BCUT2D eigenvalue weighted by molar-refractivity contribution is 5.94. The molecule has 0 spiro atoms. The molecule has 6 aliphatic rings. The molecule has 4 atom stereocenters. The molecule has 2 saturated carbocycles. The van der Waals surface area contributed by atoms with E-state index in [0.717, 1.165) is 29.7 Å². The maximum Gasteiger partial charge on any atom is 0.275 e. The Morgan fingerprint density at radius 2 is 1.11 bits per heavy atom. The van der Waals surface area contributed by atoms with Gasteiger partial charge in [-0.2, -0.15) is 0 Å². The average Bonchev–Trinajstić information content (AvgIpc) is 3.61. The molecule has 0 bridgehead atoms. The maximum absolute atomic E-state index is 14.1. The van der Waals surface area contributed by atoms with Crippen LogP contribution in [0.5, 0.6) is 11.5 Å². The molecular formula is C49H50F2N8O7. The van der Waals surface area contributed by atoms with Gasteiger partial charge in [0.1, 0.15) is 57.1 Å². The molecular weight excluding hydrogens is 851 g/mol. The number of benzene rings is 2. The first-order chi connectivity index (χ1) is 31.0. The standard InChI is InChI=1S/C24H23FN4O4.C24H23FN4O3.CH4/c1-14-7-16-20(8-17(14)25)33-23(2)11-24(16,23)12-27-5-6-29-19(21(27)31)4-3-18(22(29)32)28-9-15(10-30)26-13-28;1-14-8-16-20(9-17(14)25)32-23(3)11-24(16,23)12-27-6-7-29-19(21(27)30)5-4-18(22(29)31)28-10-15(2)26-13-28;/h3-4,7-9,13,30H,5-6,10-12H2,1-2H3;4-5,8-10,13H,6-7,11-12H2,1-3H3;1H4/t2*23-,24+;/m00./s1. The number of halogens is 2. The van der Waals surface area contributed by atoms with Gasteiger partial charge in [0.25, 0.3) is 22.9 Å². The van der Waals surface area contributed by atoms with Crippen molar-refractivity contribution in [3.8, 4) is 22.9 Å². The van der Waals surface area contributed by atoms with Gasteiger partial charge in [-0.15, -0.1) is 0 Å². The zero-order valence-corrected chi connectivity index (χ0v) is 36.5. The van der Waals surface area contributed by atoms with Crippen LogP contribution >= 0.6 is 0 Å². The Morgan fingerprint density at radius 3 is 1.53 bits per heavy atom. The lowest BCUT2D eigenvalue weighted by Gasteiger charge is -2.32. The van der Waals surface area contributed by atoms with Crippen LogP contribution in [0.25, 0.3) is 11.4 Å². The number of carbonyl (C=O) groups is 2. The second kappa shape index (κ2) is 14.6. The molecule has 8 heterocycles. The van der Waals surface area contributed by atoms with Gasteiger partial charge in [-0.25, -0.2) is 18.7 Å². The number of imidazole rings is 2. The van der Waals surface area contributed by atoms with Crippen LogP contribution in [0, 0.1) is 32.4 Å². The molecule has 2 aromatic carbocycles. The van der Waals surface area contributed by atoms with Gasteiger partial charge in [-0.05, 0) is 82.1 Å². The molecule has 0 unspecified atom stereocenters. The first-order valence-corrected chi connectivity index (χ1v) is 21.7. The SMILES string of the molecule is C.Cc1cc2c(cc1F)O[C@@]1(C)C[C@@]21CN1CCn2c(ccc(-n3cnc(CO)c3)c2=O)C1=O.Cc1cn(-c2ccc3n(c2=O)CCN(C[C@@]24C[C@]2(C)Oc2cc(F)c(C)cc24)C3=O)cn1. The van der Waals surface area contributed by atoms with Crippen LogP contribution in [-0.2, 0) is 30.5 Å². The summed E-state index contributed by atoms with van der Waals surface area (Å²) in [6.07, 6.45) is 8.01. The molecule has 1 N–H and O–H groups in total. The fourth-order valence-electron chi connectivity index (χ4n) is 10.8. The summed E-state index contributed by atoms with van der Waals surface area (Å²) >= 11 is 0. The third-order valence-electron chi connectivity index (χ3n) is 14.8. The number of hydrogen-bond acceptors (Lipinski definition) is 9. The van der Waals surface area contributed by atoms with E-state index < -0.39 is 11.2 Å².